The third-order valence-electron chi connectivity index (χ3n) is 3.14. The van der Waals surface area contributed by atoms with E-state index in [0.29, 0.717) is 5.56 Å². The molecule has 1 fully saturated rings. The predicted octanol–water partition coefficient (Wildman–Crippen LogP) is 0.877. The van der Waals surface area contributed by atoms with Gasteiger partial charge in [-0.2, -0.15) is 0 Å². The monoisotopic (exact) mass is 342 g/mol. The molecule has 7 heteroatoms. The van der Waals surface area contributed by atoms with Crippen LogP contribution in [0.3, 0.4) is 0 Å². The van der Waals surface area contributed by atoms with E-state index in [4.69, 9.17) is 10.5 Å². The van der Waals surface area contributed by atoms with Crippen molar-refractivity contribution in [3.63, 3.8) is 0 Å². The number of carbonyl (C=O) groups is 1. The van der Waals surface area contributed by atoms with Gasteiger partial charge in [0.1, 0.15) is 5.82 Å². The molecule has 1 aliphatic rings. The first-order chi connectivity index (χ1) is 9.56. The molecule has 6 nitrogen and oxygen atoms in total. The first-order valence-corrected chi connectivity index (χ1v) is 7.37. The van der Waals surface area contributed by atoms with Gasteiger partial charge in [-0.1, -0.05) is 0 Å². The highest BCUT2D eigenvalue weighted by Crippen LogP contribution is 2.15. The van der Waals surface area contributed by atoms with Gasteiger partial charge in [0.15, 0.2) is 0 Å². The molecule has 20 heavy (non-hydrogen) atoms. The van der Waals surface area contributed by atoms with Gasteiger partial charge in [-0.25, -0.2) is 4.98 Å². The quantitative estimate of drug-likeness (QED) is 0.848. The number of anilines is 1. The molecule has 0 aliphatic carbocycles. The SMILES string of the molecule is CC(CN1CCOCC1)NC(=O)c1cc(Br)cnc1N. The van der Waals surface area contributed by atoms with Crippen LogP contribution in [0.5, 0.6) is 0 Å². The molecule has 1 aromatic heterocycles. The van der Waals surface area contributed by atoms with Crippen molar-refractivity contribution in [3.05, 3.63) is 22.3 Å². The van der Waals surface area contributed by atoms with Gasteiger partial charge in [0.25, 0.3) is 5.91 Å². The minimum absolute atomic E-state index is 0.0407. The van der Waals surface area contributed by atoms with Crippen molar-refractivity contribution in [2.75, 3.05) is 38.6 Å². The maximum absolute atomic E-state index is 12.2. The number of hydrogen-bond acceptors (Lipinski definition) is 5. The van der Waals surface area contributed by atoms with Crippen molar-refractivity contribution in [1.29, 1.82) is 0 Å². The number of carbonyl (C=O) groups excluding carboxylic acids is 1. The van der Waals surface area contributed by atoms with Crippen LogP contribution in [0.1, 0.15) is 17.3 Å². The van der Waals surface area contributed by atoms with Crippen molar-refractivity contribution in [2.45, 2.75) is 13.0 Å². The Labute approximate surface area is 126 Å². The van der Waals surface area contributed by atoms with Crippen LogP contribution in [0.15, 0.2) is 16.7 Å². The Kier molecular flexibility index (Phi) is 5.33. The smallest absolute Gasteiger partial charge is 0.255 e. The number of rotatable bonds is 4. The maximum Gasteiger partial charge on any atom is 0.255 e. The van der Waals surface area contributed by atoms with Gasteiger partial charge in [-0.3, -0.25) is 9.69 Å². The lowest BCUT2D eigenvalue weighted by molar-refractivity contribution is 0.0342. The largest absolute Gasteiger partial charge is 0.383 e. The number of morpholine rings is 1. The summed E-state index contributed by atoms with van der Waals surface area (Å²) in [5, 5.41) is 2.95. The zero-order chi connectivity index (χ0) is 14.5. The highest BCUT2D eigenvalue weighted by Gasteiger charge is 2.17. The molecule has 0 radical (unpaired) electrons. The van der Waals surface area contributed by atoms with Crippen LogP contribution in [0.2, 0.25) is 0 Å². The molecule has 0 bridgehead atoms. The Bertz CT molecular complexity index is 477. The molecule has 0 aromatic carbocycles. The summed E-state index contributed by atoms with van der Waals surface area (Å²) in [5.41, 5.74) is 6.13. The first kappa shape index (κ1) is 15.2. The molecule has 2 rings (SSSR count). The maximum atomic E-state index is 12.2. The van der Waals surface area contributed by atoms with Crippen LogP contribution in [-0.4, -0.2) is 54.7 Å². The normalized spacial score (nSPS) is 17.7. The highest BCUT2D eigenvalue weighted by atomic mass is 79.9. The third kappa shape index (κ3) is 4.16. The fraction of sp³-hybridized carbons (Fsp3) is 0.538. The van der Waals surface area contributed by atoms with Gasteiger partial charge in [-0.15, -0.1) is 0 Å². The number of nitrogens with zero attached hydrogens (tertiary/aromatic N) is 2. The molecule has 1 unspecified atom stereocenters. The van der Waals surface area contributed by atoms with Crippen LogP contribution >= 0.6 is 15.9 Å². The van der Waals surface area contributed by atoms with E-state index in [1.54, 1.807) is 12.3 Å². The van der Waals surface area contributed by atoms with Gasteiger partial charge in [-0.05, 0) is 28.9 Å². The van der Waals surface area contributed by atoms with Gasteiger partial charge >= 0.3 is 0 Å². The second-order valence-corrected chi connectivity index (χ2v) is 5.79. The number of nitrogens with one attached hydrogen (secondary N) is 1. The fourth-order valence-corrected chi connectivity index (χ4v) is 2.48. The molecule has 1 aromatic rings. The van der Waals surface area contributed by atoms with Crippen molar-refractivity contribution >= 4 is 27.7 Å². The van der Waals surface area contributed by atoms with E-state index in [2.05, 4.69) is 31.1 Å². The highest BCUT2D eigenvalue weighted by molar-refractivity contribution is 9.10. The molecule has 0 spiro atoms. The van der Waals surface area contributed by atoms with E-state index in [0.717, 1.165) is 37.3 Å². The summed E-state index contributed by atoms with van der Waals surface area (Å²) in [6, 6.07) is 1.72. The van der Waals surface area contributed by atoms with Crippen molar-refractivity contribution in [1.82, 2.24) is 15.2 Å². The number of hydrogen-bond donors (Lipinski definition) is 2. The van der Waals surface area contributed by atoms with E-state index in [1.807, 2.05) is 6.92 Å². The molecular weight excluding hydrogens is 324 g/mol. The lowest BCUT2D eigenvalue weighted by Crippen LogP contribution is -2.46. The average molecular weight is 343 g/mol. The van der Waals surface area contributed by atoms with Gasteiger partial charge in [0.2, 0.25) is 0 Å². The fourth-order valence-electron chi connectivity index (χ4n) is 2.15. The van der Waals surface area contributed by atoms with E-state index >= 15 is 0 Å². The lowest BCUT2D eigenvalue weighted by Gasteiger charge is -2.29. The minimum Gasteiger partial charge on any atom is -0.383 e. The Balaban J connectivity index is 1.91. The summed E-state index contributed by atoms with van der Waals surface area (Å²) in [5.74, 6) is 0.0429. The topological polar surface area (TPSA) is 80.5 Å². The van der Waals surface area contributed by atoms with E-state index in [9.17, 15) is 4.79 Å². The van der Waals surface area contributed by atoms with Crippen LogP contribution in [-0.2, 0) is 4.74 Å². The zero-order valence-electron chi connectivity index (χ0n) is 11.4. The van der Waals surface area contributed by atoms with Crippen LogP contribution in [0, 0.1) is 0 Å². The average Bonchev–Trinajstić information content (AvgIpc) is 2.42. The summed E-state index contributed by atoms with van der Waals surface area (Å²) < 4.78 is 6.04. The van der Waals surface area contributed by atoms with Crippen LogP contribution in [0.4, 0.5) is 5.82 Å². The lowest BCUT2D eigenvalue weighted by atomic mass is 10.2. The third-order valence-corrected chi connectivity index (χ3v) is 3.58. The molecule has 1 atom stereocenters. The standard InChI is InChI=1S/C13H19BrN4O2/c1-9(8-18-2-4-20-5-3-18)17-13(19)11-6-10(14)7-16-12(11)15/h6-7,9H,2-5,8H2,1H3,(H2,15,16)(H,17,19). The summed E-state index contributed by atoms with van der Waals surface area (Å²) in [6.45, 7) is 6.10. The molecule has 3 N–H and O–H groups in total. The van der Waals surface area contributed by atoms with Gasteiger partial charge in [0.05, 0.1) is 18.8 Å². The number of halogens is 1. The number of pyridine rings is 1. The number of ether oxygens (including phenoxy) is 1. The van der Waals surface area contributed by atoms with Crippen LogP contribution < -0.4 is 11.1 Å². The van der Waals surface area contributed by atoms with E-state index in [-0.39, 0.29) is 17.8 Å². The van der Waals surface area contributed by atoms with Crippen LogP contribution in [0.25, 0.3) is 0 Å². The molecule has 1 aliphatic heterocycles. The Morgan fingerprint density at radius 2 is 2.30 bits per heavy atom. The van der Waals surface area contributed by atoms with E-state index < -0.39 is 0 Å². The van der Waals surface area contributed by atoms with E-state index in [1.165, 1.54) is 0 Å². The number of aromatic nitrogens is 1. The zero-order valence-corrected chi connectivity index (χ0v) is 13.0. The van der Waals surface area contributed by atoms with Crippen molar-refractivity contribution in [3.8, 4) is 0 Å². The molecule has 0 saturated carbocycles. The Hall–Kier alpha value is -1.18. The number of nitrogen functional groups attached to an aromatic ring is 1. The molecule has 1 saturated heterocycles. The Morgan fingerprint density at radius 1 is 1.60 bits per heavy atom. The van der Waals surface area contributed by atoms with Crippen molar-refractivity contribution in [2.24, 2.45) is 0 Å². The summed E-state index contributed by atoms with van der Waals surface area (Å²) >= 11 is 3.29. The second-order valence-electron chi connectivity index (χ2n) is 4.87. The summed E-state index contributed by atoms with van der Waals surface area (Å²) in [6.07, 6.45) is 1.57. The minimum atomic E-state index is -0.197. The number of nitrogens with two attached hydrogens (primary N) is 1. The van der Waals surface area contributed by atoms with Gasteiger partial charge in [0, 0.05) is 36.3 Å². The molecular formula is C13H19BrN4O2. The van der Waals surface area contributed by atoms with Crippen molar-refractivity contribution < 1.29 is 9.53 Å². The predicted molar refractivity (Wildman–Crippen MR) is 80.5 cm³/mol. The summed E-state index contributed by atoms with van der Waals surface area (Å²) in [4.78, 5) is 18.4. The molecule has 110 valence electrons. The first-order valence-electron chi connectivity index (χ1n) is 6.58. The van der Waals surface area contributed by atoms with Gasteiger partial charge < -0.3 is 15.8 Å². The summed E-state index contributed by atoms with van der Waals surface area (Å²) in [7, 11) is 0. The second kappa shape index (κ2) is 7.01. The molecule has 1 amide bonds. The molecule has 2 heterocycles. The Morgan fingerprint density at radius 3 is 3.00 bits per heavy atom. The number of amides is 1.